The molecule has 0 radical (unpaired) electrons. The molecule has 226 valence electrons. The third-order valence-corrected chi connectivity index (χ3v) is 8.94. The van der Waals surface area contributed by atoms with E-state index in [-0.39, 0.29) is 75.4 Å². The molecule has 3 saturated heterocycles. The number of aromatic amines is 1. The second kappa shape index (κ2) is 10.4. The van der Waals surface area contributed by atoms with Crippen LogP contribution in [0.15, 0.2) is 35.1 Å². The van der Waals surface area contributed by atoms with Crippen LogP contribution in [0.3, 0.4) is 0 Å². The lowest BCUT2D eigenvalue weighted by molar-refractivity contribution is -0.119. The first-order chi connectivity index (χ1) is 21.2. The van der Waals surface area contributed by atoms with E-state index in [2.05, 4.69) is 31.4 Å². The van der Waals surface area contributed by atoms with Gasteiger partial charge in [0.25, 0.3) is 5.56 Å². The highest BCUT2D eigenvalue weighted by Crippen LogP contribution is 2.41. The second-order valence-corrected chi connectivity index (χ2v) is 11.7. The van der Waals surface area contributed by atoms with Crippen molar-refractivity contribution in [3.63, 3.8) is 0 Å². The minimum Gasteiger partial charge on any atom is -0.508 e. The van der Waals surface area contributed by atoms with Crippen LogP contribution in [0.5, 0.6) is 11.6 Å². The highest BCUT2D eigenvalue weighted by atomic mass is 19.1. The van der Waals surface area contributed by atoms with Gasteiger partial charge in [0.2, 0.25) is 11.8 Å². The number of nitrogens with one attached hydrogen (secondary N) is 3. The van der Waals surface area contributed by atoms with Crippen LogP contribution in [0.25, 0.3) is 32.9 Å². The molecule has 3 aliphatic heterocycles. The zero-order valence-electron chi connectivity index (χ0n) is 23.5. The Bertz CT molecular complexity index is 1960. The second-order valence-electron chi connectivity index (χ2n) is 11.7. The van der Waals surface area contributed by atoms with E-state index in [0.29, 0.717) is 24.9 Å². The first-order valence-corrected chi connectivity index (χ1v) is 14.4. The first-order valence-electron chi connectivity index (χ1n) is 14.4. The topological polar surface area (TPSA) is 120 Å². The molecule has 7 rings (SSSR count). The highest BCUT2D eigenvalue weighted by molar-refractivity contribution is 6.03. The summed E-state index contributed by atoms with van der Waals surface area (Å²) in [5, 5.41) is 16.7. The predicted molar refractivity (Wildman–Crippen MR) is 158 cm³/mol. The Labute approximate surface area is 249 Å². The molecule has 3 atom stereocenters. The van der Waals surface area contributed by atoms with E-state index in [1.165, 1.54) is 24.3 Å². The van der Waals surface area contributed by atoms with E-state index >= 15 is 4.39 Å². The number of hydrogen-bond acceptors (Lipinski definition) is 7. The molecule has 4 N–H and O–H groups in total. The molecule has 3 aliphatic rings. The molecule has 0 spiro atoms. The van der Waals surface area contributed by atoms with Gasteiger partial charge < -0.3 is 25.5 Å². The van der Waals surface area contributed by atoms with E-state index in [1.54, 1.807) is 0 Å². The molecule has 0 bridgehead atoms. The summed E-state index contributed by atoms with van der Waals surface area (Å²) < 4.78 is 51.8. The first kappa shape index (κ1) is 28.0. The number of alkyl halides is 1. The third kappa shape index (κ3) is 4.59. The van der Waals surface area contributed by atoms with Crippen LogP contribution >= 0.6 is 0 Å². The number of terminal acetylenes is 1. The van der Waals surface area contributed by atoms with Gasteiger partial charge in [-0.1, -0.05) is 12.0 Å². The van der Waals surface area contributed by atoms with Gasteiger partial charge in [0.15, 0.2) is 5.82 Å². The number of phenolic OH excluding ortho intramolecular Hbond substituents is 1. The molecule has 9 nitrogen and oxygen atoms in total. The van der Waals surface area contributed by atoms with E-state index in [9.17, 15) is 23.5 Å². The molecule has 0 saturated carbocycles. The molecule has 2 aromatic heterocycles. The van der Waals surface area contributed by atoms with Crippen LogP contribution in [-0.4, -0.2) is 69.9 Å². The highest BCUT2D eigenvalue weighted by Gasteiger charge is 2.49. The molecule has 1 amide bonds. The molecule has 4 aromatic rings. The van der Waals surface area contributed by atoms with E-state index in [0.717, 1.165) is 25.5 Å². The number of ether oxygens (including phenoxy) is 1. The molecular weight excluding hydrogens is 575 g/mol. The predicted octanol–water partition coefficient (Wildman–Crippen LogP) is 3.96. The van der Waals surface area contributed by atoms with Gasteiger partial charge in [0.1, 0.15) is 29.9 Å². The van der Waals surface area contributed by atoms with Crippen LogP contribution < -0.4 is 20.9 Å². The molecule has 44 heavy (non-hydrogen) atoms. The Hall–Kier alpha value is -4.76. The maximum atomic E-state index is 16.6. The maximum absolute atomic E-state index is 16.6. The Morgan fingerprint density at radius 2 is 2.07 bits per heavy atom. The molecular formula is C32H28F3N5O4. The number of nitrogens with zero attached hydrogens (tertiary/aromatic N) is 2. The zero-order valence-corrected chi connectivity index (χ0v) is 23.5. The van der Waals surface area contributed by atoms with Crippen LogP contribution in [0.4, 0.5) is 18.9 Å². The number of halogens is 3. The zero-order chi connectivity index (χ0) is 30.7. The number of anilines is 1. The molecule has 2 aromatic carbocycles. The normalized spacial score (nSPS) is 23.2. The van der Waals surface area contributed by atoms with Crippen molar-refractivity contribution in [1.29, 1.82) is 0 Å². The Balaban J connectivity index is 1.39. The quantitative estimate of drug-likeness (QED) is 0.247. The number of amides is 1. The van der Waals surface area contributed by atoms with Crippen LogP contribution in [0, 0.1) is 24.0 Å². The Kier molecular flexibility index (Phi) is 6.66. The summed E-state index contributed by atoms with van der Waals surface area (Å²) in [5.41, 5.74) is -1.90. The van der Waals surface area contributed by atoms with Crippen molar-refractivity contribution in [3.05, 3.63) is 57.9 Å². The van der Waals surface area contributed by atoms with Gasteiger partial charge in [-0.05, 0) is 43.0 Å². The number of carbonyl (C=O) groups excluding carboxylic acids is 1. The fraction of sp³-hybridized carbons (Fsp3) is 0.344. The van der Waals surface area contributed by atoms with Crippen LogP contribution in [0.1, 0.15) is 31.2 Å². The van der Waals surface area contributed by atoms with Gasteiger partial charge in [-0.2, -0.15) is 0 Å². The standard InChI is InChI=1S/C32H28F3N5O4/c1-2-20-22(34)5-4-16-8-19(41)10-21(26(16)20)29-28(35)30-27(31(43)39-29)23(37-18-9-24(42)36-13-18)11-25(38-30)44-15-32-6-3-7-40(32)14-17(33)12-32/h1,4-5,8,10-11,17-18,41H,3,6-7,9,12-15H2,(H,36,42)(H,37,38)(H,39,43)/t17-,18?,32+/m1/s1. The number of rotatable bonds is 6. The van der Waals surface area contributed by atoms with E-state index < -0.39 is 28.9 Å². The molecule has 3 fully saturated rings. The molecule has 5 heterocycles. The SMILES string of the molecule is C#Cc1c(F)ccc2cc(O)cc(-c3[nH]c(=O)c4c(NC5CNC(=O)C5)cc(OC[C@@]56CCCN5C[C@H](F)C6)nc4c3F)c12. The summed E-state index contributed by atoms with van der Waals surface area (Å²) in [6, 6.07) is 6.19. The largest absolute Gasteiger partial charge is 0.508 e. The average molecular weight is 604 g/mol. The summed E-state index contributed by atoms with van der Waals surface area (Å²) in [6.07, 6.45) is 6.75. The summed E-state index contributed by atoms with van der Waals surface area (Å²) >= 11 is 0. The third-order valence-electron chi connectivity index (χ3n) is 8.94. The number of aromatic hydroxyl groups is 1. The number of fused-ring (bicyclic) bond motifs is 3. The number of hydrogen-bond donors (Lipinski definition) is 4. The van der Waals surface area contributed by atoms with Crippen molar-refractivity contribution in [1.82, 2.24) is 20.2 Å². The lowest BCUT2D eigenvalue weighted by Gasteiger charge is -2.31. The monoisotopic (exact) mass is 603 g/mol. The number of aromatic nitrogens is 2. The van der Waals surface area contributed by atoms with E-state index in [4.69, 9.17) is 11.2 Å². The van der Waals surface area contributed by atoms with Crippen LogP contribution in [-0.2, 0) is 4.79 Å². The Morgan fingerprint density at radius 1 is 1.23 bits per heavy atom. The molecule has 12 heteroatoms. The maximum Gasteiger partial charge on any atom is 0.260 e. The van der Waals surface area contributed by atoms with Gasteiger partial charge in [-0.15, -0.1) is 6.42 Å². The Morgan fingerprint density at radius 3 is 2.84 bits per heavy atom. The molecule has 1 unspecified atom stereocenters. The van der Waals surface area contributed by atoms with Gasteiger partial charge in [0, 0.05) is 42.9 Å². The van der Waals surface area contributed by atoms with E-state index in [1.807, 2.05) is 0 Å². The van der Waals surface area contributed by atoms with Gasteiger partial charge in [-0.25, -0.2) is 18.2 Å². The molecule has 0 aliphatic carbocycles. The fourth-order valence-corrected chi connectivity index (χ4v) is 6.98. The van der Waals surface area contributed by atoms with Crippen molar-refractivity contribution in [2.75, 3.05) is 31.6 Å². The lowest BCUT2D eigenvalue weighted by atomic mass is 9.95. The summed E-state index contributed by atoms with van der Waals surface area (Å²) in [7, 11) is 0. The van der Waals surface area contributed by atoms with Crippen molar-refractivity contribution in [3.8, 4) is 35.2 Å². The number of pyridine rings is 2. The van der Waals surface area contributed by atoms with Crippen molar-refractivity contribution in [2.24, 2.45) is 0 Å². The van der Waals surface area contributed by atoms with Crippen molar-refractivity contribution in [2.45, 2.75) is 43.4 Å². The summed E-state index contributed by atoms with van der Waals surface area (Å²) in [5.74, 6) is 0.183. The van der Waals surface area contributed by atoms with Crippen molar-refractivity contribution >= 4 is 33.3 Å². The van der Waals surface area contributed by atoms with Gasteiger partial charge in [0.05, 0.1) is 33.9 Å². The smallest absolute Gasteiger partial charge is 0.260 e. The fourth-order valence-electron chi connectivity index (χ4n) is 6.98. The van der Waals surface area contributed by atoms with Gasteiger partial charge in [-0.3, -0.25) is 14.5 Å². The number of benzene rings is 2. The van der Waals surface area contributed by atoms with Gasteiger partial charge >= 0.3 is 0 Å². The minimum atomic E-state index is -0.971. The van der Waals surface area contributed by atoms with Crippen molar-refractivity contribution < 1.29 is 27.8 Å². The number of carbonyl (C=O) groups is 1. The lowest BCUT2D eigenvalue weighted by Crippen LogP contribution is -2.43. The summed E-state index contributed by atoms with van der Waals surface area (Å²) in [4.78, 5) is 34.5. The van der Waals surface area contributed by atoms with Crippen LogP contribution in [0.2, 0.25) is 0 Å². The number of H-pyrrole nitrogens is 1. The average Bonchev–Trinajstić information content (AvgIpc) is 3.66. The number of phenols is 1. The minimum absolute atomic E-state index is 0.00684. The summed E-state index contributed by atoms with van der Waals surface area (Å²) in [6.45, 7) is 1.50.